The van der Waals surface area contributed by atoms with Crippen LogP contribution in [0.1, 0.15) is 33.3 Å². The van der Waals surface area contributed by atoms with Crippen molar-refractivity contribution in [2.75, 3.05) is 5.32 Å². The Labute approximate surface area is 109 Å². The lowest BCUT2D eigenvalue weighted by atomic mass is 9.87. The van der Waals surface area contributed by atoms with Gasteiger partial charge in [-0.2, -0.15) is 0 Å². The molecule has 0 radical (unpaired) electrons. The highest BCUT2D eigenvalue weighted by Crippen LogP contribution is 2.23. The second-order valence-corrected chi connectivity index (χ2v) is 5.11. The first-order chi connectivity index (χ1) is 7.30. The standard InChI is InChI=1S/C13H20N2O.ClH/c1-9(14)12(16)15-11-7-5-10(6-8-11)13(2,3)4;/h5-9H,14H2,1-4H3,(H,15,16);1H. The van der Waals surface area contributed by atoms with Crippen LogP contribution < -0.4 is 11.1 Å². The van der Waals surface area contributed by atoms with Crippen molar-refractivity contribution in [2.24, 2.45) is 5.73 Å². The number of benzene rings is 1. The summed E-state index contributed by atoms with van der Waals surface area (Å²) in [5.74, 6) is -0.163. The first kappa shape index (κ1) is 15.9. The van der Waals surface area contributed by atoms with Gasteiger partial charge in [-0.3, -0.25) is 4.79 Å². The molecule has 0 heterocycles. The molecule has 0 spiro atoms. The minimum Gasteiger partial charge on any atom is -0.325 e. The van der Waals surface area contributed by atoms with Gasteiger partial charge in [-0.1, -0.05) is 32.9 Å². The van der Waals surface area contributed by atoms with E-state index < -0.39 is 6.04 Å². The molecule has 1 aromatic rings. The van der Waals surface area contributed by atoms with E-state index in [0.717, 1.165) is 5.69 Å². The summed E-state index contributed by atoms with van der Waals surface area (Å²) in [6.45, 7) is 8.13. The highest BCUT2D eigenvalue weighted by molar-refractivity contribution is 5.94. The average Bonchev–Trinajstić information content (AvgIpc) is 2.17. The number of rotatable bonds is 2. The second kappa shape index (κ2) is 6.03. The van der Waals surface area contributed by atoms with Crippen molar-refractivity contribution in [3.8, 4) is 0 Å². The Morgan fingerprint density at radius 2 is 1.71 bits per heavy atom. The van der Waals surface area contributed by atoms with Crippen LogP contribution in [-0.4, -0.2) is 11.9 Å². The third-order valence-electron chi connectivity index (χ3n) is 2.43. The molecular formula is C13H21ClN2O. The number of halogens is 1. The lowest BCUT2D eigenvalue weighted by Gasteiger charge is -2.19. The highest BCUT2D eigenvalue weighted by Gasteiger charge is 2.13. The van der Waals surface area contributed by atoms with Gasteiger partial charge in [0.1, 0.15) is 0 Å². The molecule has 96 valence electrons. The van der Waals surface area contributed by atoms with Crippen molar-refractivity contribution >= 4 is 24.0 Å². The first-order valence-electron chi connectivity index (χ1n) is 5.47. The molecule has 0 aromatic heterocycles. The lowest BCUT2D eigenvalue weighted by molar-refractivity contribution is -0.117. The molecule has 0 aliphatic heterocycles. The van der Waals surface area contributed by atoms with Crippen molar-refractivity contribution in [1.82, 2.24) is 0 Å². The minimum absolute atomic E-state index is 0. The molecule has 3 nitrogen and oxygen atoms in total. The predicted octanol–water partition coefficient (Wildman–Crippen LogP) is 2.69. The summed E-state index contributed by atoms with van der Waals surface area (Å²) in [7, 11) is 0. The van der Waals surface area contributed by atoms with Gasteiger partial charge in [0, 0.05) is 5.69 Å². The fraction of sp³-hybridized carbons (Fsp3) is 0.462. The predicted molar refractivity (Wildman–Crippen MR) is 74.7 cm³/mol. The van der Waals surface area contributed by atoms with Crippen molar-refractivity contribution in [2.45, 2.75) is 39.2 Å². The summed E-state index contributed by atoms with van der Waals surface area (Å²) >= 11 is 0. The van der Waals surface area contributed by atoms with E-state index in [-0.39, 0.29) is 23.7 Å². The molecule has 17 heavy (non-hydrogen) atoms. The van der Waals surface area contributed by atoms with Gasteiger partial charge in [0.2, 0.25) is 5.91 Å². The maximum absolute atomic E-state index is 11.4. The SMILES string of the molecule is CC(N)C(=O)Nc1ccc(C(C)(C)C)cc1.Cl. The van der Waals surface area contributed by atoms with E-state index in [0.29, 0.717) is 0 Å². The van der Waals surface area contributed by atoms with Crippen LogP contribution in [0, 0.1) is 0 Å². The van der Waals surface area contributed by atoms with Gasteiger partial charge in [0.25, 0.3) is 0 Å². The van der Waals surface area contributed by atoms with Crippen LogP contribution in [0.3, 0.4) is 0 Å². The molecule has 1 unspecified atom stereocenters. The molecule has 0 aliphatic rings. The van der Waals surface area contributed by atoms with Crippen LogP contribution >= 0.6 is 12.4 Å². The molecule has 4 heteroatoms. The van der Waals surface area contributed by atoms with Crippen LogP contribution in [0.2, 0.25) is 0 Å². The molecule has 1 atom stereocenters. The van der Waals surface area contributed by atoms with Crippen LogP contribution in [-0.2, 0) is 10.2 Å². The summed E-state index contributed by atoms with van der Waals surface area (Å²) in [4.78, 5) is 11.4. The molecule has 0 fully saturated rings. The highest BCUT2D eigenvalue weighted by atomic mass is 35.5. The number of anilines is 1. The van der Waals surface area contributed by atoms with Crippen LogP contribution in [0.15, 0.2) is 24.3 Å². The smallest absolute Gasteiger partial charge is 0.240 e. The van der Waals surface area contributed by atoms with E-state index in [4.69, 9.17) is 5.73 Å². The Hall–Kier alpha value is -1.06. The number of hydrogen-bond donors (Lipinski definition) is 2. The average molecular weight is 257 g/mol. The van der Waals surface area contributed by atoms with Gasteiger partial charge in [-0.15, -0.1) is 12.4 Å². The van der Waals surface area contributed by atoms with Crippen LogP contribution in [0.4, 0.5) is 5.69 Å². The van der Waals surface area contributed by atoms with Gasteiger partial charge < -0.3 is 11.1 Å². The molecular weight excluding hydrogens is 236 g/mol. The molecule has 1 aromatic carbocycles. The number of amides is 1. The van der Waals surface area contributed by atoms with E-state index >= 15 is 0 Å². The van der Waals surface area contributed by atoms with E-state index in [2.05, 4.69) is 26.1 Å². The third kappa shape index (κ3) is 4.75. The van der Waals surface area contributed by atoms with E-state index in [1.165, 1.54) is 5.56 Å². The molecule has 0 saturated heterocycles. The first-order valence-corrected chi connectivity index (χ1v) is 5.47. The van der Waals surface area contributed by atoms with Gasteiger partial charge in [-0.05, 0) is 30.0 Å². The largest absolute Gasteiger partial charge is 0.325 e. The topological polar surface area (TPSA) is 55.1 Å². The van der Waals surface area contributed by atoms with Crippen LogP contribution in [0.5, 0.6) is 0 Å². The Kier molecular flexibility index (Phi) is 5.66. The van der Waals surface area contributed by atoms with Crippen molar-refractivity contribution in [3.05, 3.63) is 29.8 Å². The maximum Gasteiger partial charge on any atom is 0.240 e. The molecule has 0 saturated carbocycles. The quantitative estimate of drug-likeness (QED) is 0.855. The maximum atomic E-state index is 11.4. The summed E-state index contributed by atoms with van der Waals surface area (Å²) < 4.78 is 0. The summed E-state index contributed by atoms with van der Waals surface area (Å²) in [5, 5.41) is 2.76. The minimum atomic E-state index is -0.484. The molecule has 1 rings (SSSR count). The Morgan fingerprint density at radius 3 is 2.06 bits per heavy atom. The number of nitrogens with two attached hydrogens (primary N) is 1. The molecule has 0 bridgehead atoms. The fourth-order valence-electron chi connectivity index (χ4n) is 1.31. The number of hydrogen-bond acceptors (Lipinski definition) is 2. The number of carbonyl (C=O) groups excluding carboxylic acids is 1. The van der Waals surface area contributed by atoms with E-state index in [9.17, 15) is 4.79 Å². The Balaban J connectivity index is 0.00000256. The van der Waals surface area contributed by atoms with Crippen molar-refractivity contribution < 1.29 is 4.79 Å². The van der Waals surface area contributed by atoms with Gasteiger partial charge in [0.15, 0.2) is 0 Å². The normalized spacial score (nSPS) is 12.5. The lowest BCUT2D eigenvalue weighted by Crippen LogP contribution is -2.32. The number of carbonyl (C=O) groups is 1. The Bertz CT molecular complexity index is 366. The summed E-state index contributed by atoms with van der Waals surface area (Å²) in [6, 6.07) is 7.37. The fourth-order valence-corrected chi connectivity index (χ4v) is 1.31. The second-order valence-electron chi connectivity index (χ2n) is 5.11. The molecule has 3 N–H and O–H groups in total. The van der Waals surface area contributed by atoms with E-state index in [1.54, 1.807) is 6.92 Å². The van der Waals surface area contributed by atoms with Crippen LogP contribution in [0.25, 0.3) is 0 Å². The zero-order valence-electron chi connectivity index (χ0n) is 10.8. The monoisotopic (exact) mass is 256 g/mol. The third-order valence-corrected chi connectivity index (χ3v) is 2.43. The zero-order chi connectivity index (χ0) is 12.3. The summed E-state index contributed by atoms with van der Waals surface area (Å²) in [5.41, 5.74) is 7.63. The number of nitrogens with one attached hydrogen (secondary N) is 1. The summed E-state index contributed by atoms with van der Waals surface area (Å²) in [6.07, 6.45) is 0. The van der Waals surface area contributed by atoms with Gasteiger partial charge in [-0.25, -0.2) is 0 Å². The molecule has 1 amide bonds. The molecule has 0 aliphatic carbocycles. The van der Waals surface area contributed by atoms with Crippen molar-refractivity contribution in [1.29, 1.82) is 0 Å². The zero-order valence-corrected chi connectivity index (χ0v) is 11.6. The van der Waals surface area contributed by atoms with E-state index in [1.807, 2.05) is 24.3 Å². The Morgan fingerprint density at radius 1 is 1.24 bits per heavy atom. The van der Waals surface area contributed by atoms with Gasteiger partial charge >= 0.3 is 0 Å². The van der Waals surface area contributed by atoms with Crippen molar-refractivity contribution in [3.63, 3.8) is 0 Å². The van der Waals surface area contributed by atoms with Gasteiger partial charge in [0.05, 0.1) is 6.04 Å².